The zero-order valence-corrected chi connectivity index (χ0v) is 14.6. The van der Waals surface area contributed by atoms with Crippen LogP contribution in [0.25, 0.3) is 0 Å². The molecular formula is C14H13F2IN2O2S. The summed E-state index contributed by atoms with van der Waals surface area (Å²) < 4.78 is 27.0. The number of carbonyl (C=O) groups excluding carboxylic acids is 2. The summed E-state index contributed by atoms with van der Waals surface area (Å²) in [6.07, 6.45) is 1.15. The Morgan fingerprint density at radius 2 is 2.09 bits per heavy atom. The molecule has 1 N–H and O–H groups in total. The van der Waals surface area contributed by atoms with E-state index in [-0.39, 0.29) is 20.0 Å². The summed E-state index contributed by atoms with van der Waals surface area (Å²) in [5, 5.41) is 2.51. The van der Waals surface area contributed by atoms with Crippen LogP contribution >= 0.6 is 34.4 Å². The molecule has 2 heterocycles. The SMILES string of the molecule is CC12CCC(=O)N1C(C(=O)Nc1cc(F)c(I)c(F)c1)CS2. The summed E-state index contributed by atoms with van der Waals surface area (Å²) in [7, 11) is 0. The van der Waals surface area contributed by atoms with Crippen molar-refractivity contribution >= 4 is 51.9 Å². The Morgan fingerprint density at radius 3 is 2.73 bits per heavy atom. The number of thioether (sulfide) groups is 1. The van der Waals surface area contributed by atoms with Crippen LogP contribution in [0.2, 0.25) is 0 Å². The fraction of sp³-hybridized carbons (Fsp3) is 0.429. The Morgan fingerprint density at radius 1 is 1.45 bits per heavy atom. The molecule has 2 unspecified atom stereocenters. The van der Waals surface area contributed by atoms with Crippen LogP contribution in [0.3, 0.4) is 0 Å². The topological polar surface area (TPSA) is 49.4 Å². The first kappa shape index (κ1) is 16.0. The van der Waals surface area contributed by atoms with Crippen LogP contribution in [0.1, 0.15) is 19.8 Å². The van der Waals surface area contributed by atoms with Gasteiger partial charge in [0.05, 0.1) is 8.44 Å². The molecule has 2 aliphatic rings. The number of carbonyl (C=O) groups is 2. The smallest absolute Gasteiger partial charge is 0.248 e. The summed E-state index contributed by atoms with van der Waals surface area (Å²) in [4.78, 5) is 25.6. The van der Waals surface area contributed by atoms with Crippen molar-refractivity contribution in [3.63, 3.8) is 0 Å². The van der Waals surface area contributed by atoms with Crippen molar-refractivity contribution in [3.8, 4) is 0 Å². The summed E-state index contributed by atoms with van der Waals surface area (Å²) in [6, 6.07) is 1.56. The Hall–Kier alpha value is -0.900. The quantitative estimate of drug-likeness (QED) is 0.571. The molecule has 2 aliphatic heterocycles. The molecule has 22 heavy (non-hydrogen) atoms. The molecule has 0 saturated carbocycles. The molecule has 0 aromatic heterocycles. The van der Waals surface area contributed by atoms with E-state index in [2.05, 4.69) is 5.32 Å². The normalized spacial score (nSPS) is 27.2. The van der Waals surface area contributed by atoms with Gasteiger partial charge in [0, 0.05) is 17.9 Å². The van der Waals surface area contributed by atoms with E-state index in [0.717, 1.165) is 12.1 Å². The van der Waals surface area contributed by atoms with Gasteiger partial charge in [0.25, 0.3) is 0 Å². The van der Waals surface area contributed by atoms with Crippen LogP contribution in [0.4, 0.5) is 14.5 Å². The number of nitrogens with one attached hydrogen (secondary N) is 1. The van der Waals surface area contributed by atoms with E-state index >= 15 is 0 Å². The van der Waals surface area contributed by atoms with Crippen molar-refractivity contribution in [3.05, 3.63) is 27.3 Å². The minimum absolute atomic E-state index is 0.0485. The molecule has 1 aromatic rings. The lowest BCUT2D eigenvalue weighted by Gasteiger charge is -2.29. The van der Waals surface area contributed by atoms with Gasteiger partial charge in [-0.15, -0.1) is 11.8 Å². The van der Waals surface area contributed by atoms with Gasteiger partial charge in [0.2, 0.25) is 11.8 Å². The summed E-state index contributed by atoms with van der Waals surface area (Å²) in [5.74, 6) is -1.42. The van der Waals surface area contributed by atoms with E-state index in [1.165, 1.54) is 0 Å². The zero-order chi connectivity index (χ0) is 16.1. The van der Waals surface area contributed by atoms with Crippen LogP contribution in [-0.2, 0) is 9.59 Å². The van der Waals surface area contributed by atoms with E-state index in [0.29, 0.717) is 18.6 Å². The Bertz CT molecular complexity index is 649. The second-order valence-electron chi connectivity index (χ2n) is 5.51. The van der Waals surface area contributed by atoms with Gasteiger partial charge < -0.3 is 10.2 Å². The maximum Gasteiger partial charge on any atom is 0.248 e. The van der Waals surface area contributed by atoms with Crippen LogP contribution < -0.4 is 5.32 Å². The van der Waals surface area contributed by atoms with Gasteiger partial charge in [-0.1, -0.05) is 0 Å². The number of nitrogens with zero attached hydrogens (tertiary/aromatic N) is 1. The highest BCUT2D eigenvalue weighted by Crippen LogP contribution is 2.47. The Labute approximate surface area is 144 Å². The third-order valence-corrected chi connectivity index (χ3v) is 6.53. The number of halogens is 3. The third kappa shape index (κ3) is 2.60. The van der Waals surface area contributed by atoms with Gasteiger partial charge in [0.15, 0.2) is 0 Å². The first-order valence-electron chi connectivity index (χ1n) is 6.73. The molecule has 2 saturated heterocycles. The standard InChI is InChI=1S/C14H13F2IN2O2S/c1-14-3-2-11(20)19(14)10(6-22-14)13(21)18-7-4-8(15)12(17)9(16)5-7/h4-5,10H,2-3,6H2,1H3,(H,18,21). The van der Waals surface area contributed by atoms with E-state index in [9.17, 15) is 18.4 Å². The number of benzene rings is 1. The van der Waals surface area contributed by atoms with E-state index in [4.69, 9.17) is 0 Å². The number of anilines is 1. The lowest BCUT2D eigenvalue weighted by atomic mass is 10.2. The molecule has 2 fully saturated rings. The molecule has 3 rings (SSSR count). The van der Waals surface area contributed by atoms with Crippen molar-refractivity contribution in [2.45, 2.75) is 30.7 Å². The third-order valence-electron chi connectivity index (χ3n) is 4.00. The lowest BCUT2D eigenvalue weighted by molar-refractivity contribution is -0.135. The van der Waals surface area contributed by atoms with Gasteiger partial charge in [-0.25, -0.2) is 8.78 Å². The predicted molar refractivity (Wildman–Crippen MR) is 88.4 cm³/mol. The first-order chi connectivity index (χ1) is 10.3. The summed E-state index contributed by atoms with van der Waals surface area (Å²) in [5.41, 5.74) is 0.0608. The second kappa shape index (κ2) is 5.63. The average molecular weight is 438 g/mol. The Balaban J connectivity index is 1.79. The molecule has 2 atom stereocenters. The van der Waals surface area contributed by atoms with Crippen molar-refractivity contribution in [2.75, 3.05) is 11.1 Å². The molecule has 0 aliphatic carbocycles. The fourth-order valence-corrected chi connectivity index (χ4v) is 4.61. The van der Waals surface area contributed by atoms with Crippen LogP contribution in [0.5, 0.6) is 0 Å². The van der Waals surface area contributed by atoms with E-state index in [1.54, 1.807) is 39.3 Å². The maximum atomic E-state index is 13.5. The van der Waals surface area contributed by atoms with Crippen molar-refractivity contribution in [1.82, 2.24) is 4.90 Å². The predicted octanol–water partition coefficient (Wildman–Crippen LogP) is 2.96. The lowest BCUT2D eigenvalue weighted by Crippen LogP contribution is -2.48. The number of hydrogen-bond acceptors (Lipinski definition) is 3. The Kier molecular flexibility index (Phi) is 4.09. The van der Waals surface area contributed by atoms with Gasteiger partial charge in [-0.05, 0) is 48.1 Å². The highest BCUT2D eigenvalue weighted by Gasteiger charge is 2.52. The number of amides is 2. The van der Waals surface area contributed by atoms with Gasteiger partial charge in [0.1, 0.15) is 17.7 Å². The first-order valence-corrected chi connectivity index (χ1v) is 8.80. The zero-order valence-electron chi connectivity index (χ0n) is 11.7. The van der Waals surface area contributed by atoms with Crippen LogP contribution in [-0.4, -0.2) is 33.4 Å². The van der Waals surface area contributed by atoms with Gasteiger partial charge in [-0.3, -0.25) is 9.59 Å². The number of rotatable bonds is 2. The molecule has 4 nitrogen and oxygen atoms in total. The molecule has 0 radical (unpaired) electrons. The number of hydrogen-bond donors (Lipinski definition) is 1. The average Bonchev–Trinajstić information content (AvgIpc) is 2.93. The van der Waals surface area contributed by atoms with Gasteiger partial charge in [-0.2, -0.15) is 0 Å². The molecule has 1 aromatic carbocycles. The van der Waals surface area contributed by atoms with Crippen molar-refractivity contribution in [2.24, 2.45) is 0 Å². The van der Waals surface area contributed by atoms with E-state index in [1.807, 2.05) is 6.92 Å². The second-order valence-corrected chi connectivity index (χ2v) is 8.09. The summed E-state index contributed by atoms with van der Waals surface area (Å²) >= 11 is 3.13. The van der Waals surface area contributed by atoms with Crippen LogP contribution in [0, 0.1) is 15.2 Å². The fourth-order valence-electron chi connectivity index (χ4n) is 2.87. The minimum Gasteiger partial charge on any atom is -0.324 e. The van der Waals surface area contributed by atoms with Crippen LogP contribution in [0.15, 0.2) is 12.1 Å². The van der Waals surface area contributed by atoms with Crippen molar-refractivity contribution < 1.29 is 18.4 Å². The molecule has 0 bridgehead atoms. The molecule has 2 amide bonds. The molecular weight excluding hydrogens is 425 g/mol. The van der Waals surface area contributed by atoms with Gasteiger partial charge >= 0.3 is 0 Å². The highest BCUT2D eigenvalue weighted by molar-refractivity contribution is 14.1. The van der Waals surface area contributed by atoms with Crippen molar-refractivity contribution in [1.29, 1.82) is 0 Å². The number of fused-ring (bicyclic) bond motifs is 1. The summed E-state index contributed by atoms with van der Waals surface area (Å²) in [6.45, 7) is 1.94. The van der Waals surface area contributed by atoms with E-state index < -0.39 is 23.6 Å². The minimum atomic E-state index is -0.723. The monoisotopic (exact) mass is 438 g/mol. The largest absolute Gasteiger partial charge is 0.324 e. The molecule has 118 valence electrons. The molecule has 8 heteroatoms. The molecule has 0 spiro atoms. The highest BCUT2D eigenvalue weighted by atomic mass is 127. The maximum absolute atomic E-state index is 13.5.